The second-order valence-electron chi connectivity index (χ2n) is 4.92. The summed E-state index contributed by atoms with van der Waals surface area (Å²) < 4.78 is 0. The Kier molecular flexibility index (Phi) is 5.31. The van der Waals surface area contributed by atoms with Crippen molar-refractivity contribution in [3.05, 3.63) is 0 Å². The van der Waals surface area contributed by atoms with Crippen LogP contribution >= 0.6 is 0 Å². The van der Waals surface area contributed by atoms with E-state index in [4.69, 9.17) is 5.26 Å². The topological polar surface area (TPSA) is 56.1 Å². The van der Waals surface area contributed by atoms with E-state index in [9.17, 15) is 4.79 Å². The molecule has 0 aliphatic heterocycles. The third-order valence-corrected chi connectivity index (χ3v) is 2.05. The van der Waals surface area contributed by atoms with Crippen LogP contribution in [0, 0.1) is 11.3 Å². The maximum atomic E-state index is 11.5. The minimum Gasteiger partial charge on any atom is -0.350 e. The number of hydrogen-bond donors (Lipinski definition) is 1. The molecule has 4 nitrogen and oxygen atoms in total. The van der Waals surface area contributed by atoms with Crippen molar-refractivity contribution in [3.8, 4) is 6.07 Å². The predicted octanol–water partition coefficient (Wildman–Crippen LogP) is 1.14. The lowest BCUT2D eigenvalue weighted by atomic mass is 10.1. The van der Waals surface area contributed by atoms with E-state index in [1.54, 1.807) is 0 Å². The van der Waals surface area contributed by atoms with Crippen molar-refractivity contribution in [1.29, 1.82) is 5.26 Å². The lowest BCUT2D eigenvalue weighted by molar-refractivity contribution is -0.123. The molecule has 0 aromatic heterocycles. The van der Waals surface area contributed by atoms with E-state index >= 15 is 0 Å². The number of hydrogen-bond acceptors (Lipinski definition) is 3. The summed E-state index contributed by atoms with van der Waals surface area (Å²) in [7, 11) is 1.85. The predicted molar refractivity (Wildman–Crippen MR) is 60.2 cm³/mol. The average molecular weight is 211 g/mol. The van der Waals surface area contributed by atoms with Gasteiger partial charge >= 0.3 is 0 Å². The molecule has 0 bridgehead atoms. The number of nitrogens with one attached hydrogen (secondary N) is 1. The average Bonchev–Trinajstić information content (AvgIpc) is 2.00. The molecule has 1 amide bonds. The largest absolute Gasteiger partial charge is 0.350 e. The van der Waals surface area contributed by atoms with Crippen molar-refractivity contribution < 1.29 is 4.79 Å². The lowest BCUT2D eigenvalue weighted by Crippen LogP contribution is -2.46. The van der Waals surface area contributed by atoms with Crippen LogP contribution in [0.25, 0.3) is 0 Å². The molecule has 1 unspecified atom stereocenters. The van der Waals surface area contributed by atoms with Gasteiger partial charge in [0.25, 0.3) is 0 Å². The van der Waals surface area contributed by atoms with Crippen LogP contribution in [0.4, 0.5) is 0 Å². The minimum absolute atomic E-state index is 0.00482. The van der Waals surface area contributed by atoms with Gasteiger partial charge in [0.1, 0.15) is 0 Å². The van der Waals surface area contributed by atoms with Crippen molar-refractivity contribution in [1.82, 2.24) is 10.2 Å². The first kappa shape index (κ1) is 13.9. The van der Waals surface area contributed by atoms with Crippen molar-refractivity contribution in [2.24, 2.45) is 0 Å². The highest BCUT2D eigenvalue weighted by molar-refractivity contribution is 5.78. The van der Waals surface area contributed by atoms with E-state index in [-0.39, 0.29) is 17.5 Å². The number of likely N-dealkylation sites (N-methyl/N-ethyl adjacent to an activating group) is 1. The highest BCUT2D eigenvalue weighted by atomic mass is 16.2. The van der Waals surface area contributed by atoms with E-state index in [1.165, 1.54) is 0 Å². The molecule has 86 valence electrons. The highest BCUT2D eigenvalue weighted by Crippen LogP contribution is 2.01. The first-order chi connectivity index (χ1) is 6.76. The van der Waals surface area contributed by atoms with Gasteiger partial charge in [0.15, 0.2) is 0 Å². The normalized spacial score (nSPS) is 13.4. The molecule has 1 atom stereocenters. The number of nitrogens with zero attached hydrogens (tertiary/aromatic N) is 2. The fourth-order valence-electron chi connectivity index (χ4n) is 1.13. The zero-order valence-corrected chi connectivity index (χ0v) is 10.3. The SMILES string of the molecule is CC(CC#N)N(C)CC(=O)NC(C)(C)C. The Hall–Kier alpha value is -1.08. The van der Waals surface area contributed by atoms with Gasteiger partial charge in [-0.2, -0.15) is 5.26 Å². The highest BCUT2D eigenvalue weighted by Gasteiger charge is 2.17. The number of amides is 1. The van der Waals surface area contributed by atoms with Crippen molar-refractivity contribution in [3.63, 3.8) is 0 Å². The summed E-state index contributed by atoms with van der Waals surface area (Å²) in [6.45, 7) is 8.12. The smallest absolute Gasteiger partial charge is 0.234 e. The van der Waals surface area contributed by atoms with Crippen LogP contribution in [0.15, 0.2) is 0 Å². The Balaban J connectivity index is 4.03. The Morgan fingerprint density at radius 1 is 1.53 bits per heavy atom. The molecule has 0 fully saturated rings. The van der Waals surface area contributed by atoms with Gasteiger partial charge < -0.3 is 5.32 Å². The molecule has 1 N–H and O–H groups in total. The maximum absolute atomic E-state index is 11.5. The van der Waals surface area contributed by atoms with Gasteiger partial charge in [0, 0.05) is 11.6 Å². The van der Waals surface area contributed by atoms with Crippen LogP contribution in [0.3, 0.4) is 0 Å². The molecule has 15 heavy (non-hydrogen) atoms. The van der Waals surface area contributed by atoms with Crippen molar-refractivity contribution in [2.45, 2.75) is 45.7 Å². The molecule has 0 saturated carbocycles. The molecular formula is C11H21N3O. The van der Waals surface area contributed by atoms with E-state index in [0.29, 0.717) is 13.0 Å². The minimum atomic E-state index is -0.198. The molecule has 0 rings (SSSR count). The van der Waals surface area contributed by atoms with Crippen LogP contribution in [0.2, 0.25) is 0 Å². The molecule has 0 aromatic rings. The Bertz CT molecular complexity index is 250. The van der Waals surface area contributed by atoms with Crippen LogP contribution < -0.4 is 5.32 Å². The number of nitriles is 1. The van der Waals surface area contributed by atoms with Crippen LogP contribution in [0.1, 0.15) is 34.1 Å². The van der Waals surface area contributed by atoms with Crippen molar-refractivity contribution in [2.75, 3.05) is 13.6 Å². The van der Waals surface area contributed by atoms with Gasteiger partial charge in [-0.15, -0.1) is 0 Å². The molecule has 0 aromatic carbocycles. The van der Waals surface area contributed by atoms with E-state index in [1.807, 2.05) is 39.6 Å². The quantitative estimate of drug-likeness (QED) is 0.758. The van der Waals surface area contributed by atoms with Crippen LogP contribution in [-0.2, 0) is 4.79 Å². The standard InChI is InChI=1S/C11H21N3O/c1-9(6-7-12)14(5)8-10(15)13-11(2,3)4/h9H,6,8H2,1-5H3,(H,13,15). The molecule has 0 saturated heterocycles. The van der Waals surface area contributed by atoms with Crippen molar-refractivity contribution >= 4 is 5.91 Å². The summed E-state index contributed by atoms with van der Waals surface area (Å²) in [4.78, 5) is 13.4. The van der Waals surface area contributed by atoms with Gasteiger partial charge in [0.2, 0.25) is 5.91 Å². The molecule has 4 heteroatoms. The lowest BCUT2D eigenvalue weighted by Gasteiger charge is -2.25. The fourth-order valence-corrected chi connectivity index (χ4v) is 1.13. The van der Waals surface area contributed by atoms with Gasteiger partial charge in [-0.05, 0) is 34.7 Å². The van der Waals surface area contributed by atoms with Gasteiger partial charge in [-0.3, -0.25) is 9.69 Å². The van der Waals surface area contributed by atoms with Crippen LogP contribution in [-0.4, -0.2) is 36.0 Å². The third-order valence-electron chi connectivity index (χ3n) is 2.05. The van der Waals surface area contributed by atoms with Gasteiger partial charge in [-0.25, -0.2) is 0 Å². The Morgan fingerprint density at radius 2 is 2.07 bits per heavy atom. The van der Waals surface area contributed by atoms with E-state index in [2.05, 4.69) is 11.4 Å². The number of carbonyl (C=O) groups is 1. The summed E-state index contributed by atoms with van der Waals surface area (Å²) in [6, 6.07) is 2.21. The summed E-state index contributed by atoms with van der Waals surface area (Å²) in [6.07, 6.45) is 0.444. The summed E-state index contributed by atoms with van der Waals surface area (Å²) in [5, 5.41) is 11.4. The monoisotopic (exact) mass is 211 g/mol. The van der Waals surface area contributed by atoms with Gasteiger partial charge in [-0.1, -0.05) is 0 Å². The Labute approximate surface area is 92.3 Å². The third kappa shape index (κ3) is 6.92. The fraction of sp³-hybridized carbons (Fsp3) is 0.818. The summed E-state index contributed by atoms with van der Waals surface area (Å²) in [5.74, 6) is -0.00482. The molecule has 0 heterocycles. The summed E-state index contributed by atoms with van der Waals surface area (Å²) >= 11 is 0. The molecule has 0 aliphatic rings. The first-order valence-electron chi connectivity index (χ1n) is 5.14. The second kappa shape index (κ2) is 5.72. The molecule has 0 spiro atoms. The Morgan fingerprint density at radius 3 is 2.47 bits per heavy atom. The number of rotatable bonds is 4. The second-order valence-corrected chi connectivity index (χ2v) is 4.92. The molecule has 0 radical (unpaired) electrons. The zero-order chi connectivity index (χ0) is 12.1. The zero-order valence-electron chi connectivity index (χ0n) is 10.3. The van der Waals surface area contributed by atoms with Gasteiger partial charge in [0.05, 0.1) is 19.0 Å². The van der Waals surface area contributed by atoms with Crippen LogP contribution in [0.5, 0.6) is 0 Å². The molecular weight excluding hydrogens is 190 g/mol. The summed E-state index contributed by atoms with van der Waals surface area (Å²) in [5.41, 5.74) is -0.198. The maximum Gasteiger partial charge on any atom is 0.234 e. The molecule has 0 aliphatic carbocycles. The first-order valence-corrected chi connectivity index (χ1v) is 5.14. The van der Waals surface area contributed by atoms with E-state index in [0.717, 1.165) is 0 Å². The van der Waals surface area contributed by atoms with E-state index < -0.39 is 0 Å². The number of carbonyl (C=O) groups excluding carboxylic acids is 1.